The summed E-state index contributed by atoms with van der Waals surface area (Å²) in [6.45, 7) is 6.04. The highest BCUT2D eigenvalue weighted by atomic mass is 19.4. The molecule has 0 aromatic carbocycles. The zero-order valence-electron chi connectivity index (χ0n) is 18.6. The normalized spacial score (nSPS) is 31.6. The van der Waals surface area contributed by atoms with E-state index in [1.807, 2.05) is 18.2 Å². The van der Waals surface area contributed by atoms with Gasteiger partial charge in [0.25, 0.3) is 0 Å². The van der Waals surface area contributed by atoms with Crippen molar-refractivity contribution >= 4 is 11.9 Å². The average molecular weight is 454 g/mol. The summed E-state index contributed by atoms with van der Waals surface area (Å²) in [5.41, 5.74) is 0.114. The van der Waals surface area contributed by atoms with E-state index in [0.29, 0.717) is 19.5 Å². The summed E-state index contributed by atoms with van der Waals surface area (Å²) in [7, 11) is 0. The van der Waals surface area contributed by atoms with Gasteiger partial charge >= 0.3 is 12.1 Å². The van der Waals surface area contributed by atoms with Crippen molar-refractivity contribution in [1.82, 2.24) is 15.2 Å². The Kier molecular flexibility index (Phi) is 5.98. The van der Waals surface area contributed by atoms with Crippen molar-refractivity contribution in [2.75, 3.05) is 6.54 Å². The number of hydrogen-bond acceptors (Lipinski definition) is 5. The zero-order valence-corrected chi connectivity index (χ0v) is 18.6. The zero-order chi connectivity index (χ0) is 23.3. The molecule has 0 spiro atoms. The molecule has 4 rings (SSSR count). The van der Waals surface area contributed by atoms with Gasteiger partial charge in [0, 0.05) is 31.2 Å². The van der Waals surface area contributed by atoms with Crippen molar-refractivity contribution in [1.29, 1.82) is 0 Å². The summed E-state index contributed by atoms with van der Waals surface area (Å²) in [6.07, 6.45) is -3.44. The van der Waals surface area contributed by atoms with Crippen LogP contribution in [0.1, 0.15) is 45.7 Å². The minimum atomic E-state index is -4.57. The maximum Gasteiger partial charge on any atom is 0.397 e. The fourth-order valence-electron chi connectivity index (χ4n) is 5.65. The van der Waals surface area contributed by atoms with E-state index in [1.165, 1.54) is 4.90 Å². The third-order valence-corrected chi connectivity index (χ3v) is 6.92. The highest BCUT2D eigenvalue weighted by Crippen LogP contribution is 2.52. The van der Waals surface area contributed by atoms with Crippen LogP contribution in [0.5, 0.6) is 0 Å². The summed E-state index contributed by atoms with van der Waals surface area (Å²) in [4.78, 5) is 31.1. The molecule has 1 N–H and O–H groups in total. The van der Waals surface area contributed by atoms with Crippen molar-refractivity contribution in [2.24, 2.45) is 23.2 Å². The van der Waals surface area contributed by atoms with Crippen LogP contribution in [-0.4, -0.2) is 52.7 Å². The number of amides is 1. The second-order valence-corrected chi connectivity index (χ2v) is 10.3. The Morgan fingerprint density at radius 2 is 1.91 bits per heavy atom. The number of rotatable bonds is 5. The van der Waals surface area contributed by atoms with Crippen LogP contribution in [-0.2, 0) is 20.9 Å². The molecule has 1 aromatic heterocycles. The third kappa shape index (κ3) is 4.63. The van der Waals surface area contributed by atoms with E-state index in [9.17, 15) is 22.8 Å². The summed E-state index contributed by atoms with van der Waals surface area (Å²) in [6, 6.07) is 5.03. The van der Waals surface area contributed by atoms with E-state index in [0.717, 1.165) is 12.1 Å². The molecule has 1 amide bonds. The largest absolute Gasteiger partial charge is 0.459 e. The lowest BCUT2D eigenvalue weighted by Crippen LogP contribution is -2.56. The number of ether oxygens (including phenoxy) is 1. The van der Waals surface area contributed by atoms with Gasteiger partial charge in [-0.3, -0.25) is 14.6 Å². The number of nitrogens with zero attached hydrogens (tertiary/aromatic N) is 2. The Morgan fingerprint density at radius 3 is 2.53 bits per heavy atom. The smallest absolute Gasteiger partial charge is 0.397 e. The maximum absolute atomic E-state index is 13.0. The minimum absolute atomic E-state index is 0.0533. The second-order valence-electron chi connectivity index (χ2n) is 10.3. The molecule has 1 aliphatic heterocycles. The molecule has 6 unspecified atom stereocenters. The lowest BCUT2D eigenvalue weighted by atomic mass is 9.74. The Morgan fingerprint density at radius 1 is 1.19 bits per heavy atom. The first-order chi connectivity index (χ1) is 14.9. The molecule has 176 valence electrons. The maximum atomic E-state index is 13.0. The molecule has 3 bridgehead atoms. The first-order valence-electron chi connectivity index (χ1n) is 11.1. The Balaban J connectivity index is 1.60. The van der Waals surface area contributed by atoms with E-state index >= 15 is 0 Å². The predicted molar refractivity (Wildman–Crippen MR) is 110 cm³/mol. The summed E-state index contributed by atoms with van der Waals surface area (Å²) < 4.78 is 45.0. The van der Waals surface area contributed by atoms with Crippen LogP contribution in [0, 0.1) is 23.2 Å². The number of pyridine rings is 1. The number of alkyl halides is 3. The van der Waals surface area contributed by atoms with Crippen LogP contribution < -0.4 is 5.32 Å². The van der Waals surface area contributed by atoms with Crippen LogP contribution in [0.25, 0.3) is 0 Å². The molecular weight excluding hydrogens is 423 g/mol. The van der Waals surface area contributed by atoms with E-state index in [4.69, 9.17) is 4.74 Å². The molecule has 0 radical (unpaired) electrons. The van der Waals surface area contributed by atoms with Gasteiger partial charge in [-0.25, -0.2) is 0 Å². The number of carbonyl (C=O) groups is 2. The monoisotopic (exact) mass is 453 g/mol. The van der Waals surface area contributed by atoms with Crippen molar-refractivity contribution in [3.8, 4) is 0 Å². The first-order valence-corrected chi connectivity index (χ1v) is 11.1. The number of esters is 1. The molecular formula is C23H30F3N3O3. The Bertz CT molecular complexity index is 856. The Hall–Kier alpha value is -2.16. The number of carbonyl (C=O) groups excluding carboxylic acids is 2. The third-order valence-electron chi connectivity index (χ3n) is 6.92. The van der Waals surface area contributed by atoms with Gasteiger partial charge in [0.1, 0.15) is 12.5 Å². The number of halogens is 3. The molecule has 1 saturated heterocycles. The number of fused-ring (bicyclic) bond motifs is 2. The summed E-state index contributed by atoms with van der Waals surface area (Å²) in [5, 5.41) is 3.52. The molecule has 6 atom stereocenters. The fourth-order valence-corrected chi connectivity index (χ4v) is 5.65. The van der Waals surface area contributed by atoms with Gasteiger partial charge in [-0.05, 0) is 57.6 Å². The van der Waals surface area contributed by atoms with Crippen LogP contribution in [0.4, 0.5) is 13.2 Å². The minimum Gasteiger partial charge on any atom is -0.459 e. The molecule has 3 aliphatic rings. The van der Waals surface area contributed by atoms with Gasteiger partial charge in [0.05, 0.1) is 17.2 Å². The molecule has 32 heavy (non-hydrogen) atoms. The van der Waals surface area contributed by atoms with Crippen molar-refractivity contribution in [2.45, 2.75) is 70.9 Å². The Labute approximate surface area is 185 Å². The highest BCUT2D eigenvalue weighted by molar-refractivity contribution is 5.78. The van der Waals surface area contributed by atoms with E-state index in [-0.39, 0.29) is 23.8 Å². The molecule has 2 aliphatic carbocycles. The standard InChI is InChI=1S/C23H30F3N3O3/c1-22(2,3)21(31)32-20-16-9-13-8-15(18(16)28-11-14-6-4-5-7-27-14)19(20)29(12-13)17(30)10-23(24,25)26/h4-7,13,15-16,18-20,28H,8-12H2,1-3H3. The lowest BCUT2D eigenvalue weighted by Gasteiger charge is -2.45. The van der Waals surface area contributed by atoms with Gasteiger partial charge in [0.15, 0.2) is 0 Å². The summed E-state index contributed by atoms with van der Waals surface area (Å²) in [5.74, 6) is -1.33. The second kappa shape index (κ2) is 8.32. The molecule has 1 aromatic rings. The van der Waals surface area contributed by atoms with Gasteiger partial charge in [-0.2, -0.15) is 13.2 Å². The average Bonchev–Trinajstić information content (AvgIpc) is 2.80. The van der Waals surface area contributed by atoms with Crippen molar-refractivity contribution in [3.63, 3.8) is 0 Å². The number of aromatic nitrogens is 1. The molecule has 2 saturated carbocycles. The SMILES string of the molecule is CC(C)(C)C(=O)OC1C2CC3CC(C2NCc2ccccn2)C1N(C(=O)CC(F)(F)F)C3. The van der Waals surface area contributed by atoms with Crippen molar-refractivity contribution < 1.29 is 27.5 Å². The van der Waals surface area contributed by atoms with Crippen LogP contribution in [0.2, 0.25) is 0 Å². The molecule has 9 heteroatoms. The van der Waals surface area contributed by atoms with Gasteiger partial charge in [0.2, 0.25) is 5.91 Å². The summed E-state index contributed by atoms with van der Waals surface area (Å²) >= 11 is 0. The fraction of sp³-hybridized carbons (Fsp3) is 0.696. The highest BCUT2D eigenvalue weighted by Gasteiger charge is 2.62. The van der Waals surface area contributed by atoms with Gasteiger partial charge in [-0.1, -0.05) is 6.07 Å². The van der Waals surface area contributed by atoms with E-state index < -0.39 is 42.0 Å². The van der Waals surface area contributed by atoms with Crippen LogP contribution in [0.15, 0.2) is 24.4 Å². The van der Waals surface area contributed by atoms with E-state index in [2.05, 4.69) is 10.3 Å². The number of likely N-dealkylation sites (tertiary alicyclic amines) is 1. The van der Waals surface area contributed by atoms with Crippen LogP contribution >= 0.6 is 0 Å². The van der Waals surface area contributed by atoms with Crippen molar-refractivity contribution in [3.05, 3.63) is 30.1 Å². The first kappa shape index (κ1) is 23.0. The quantitative estimate of drug-likeness (QED) is 0.693. The molecule has 6 nitrogen and oxygen atoms in total. The number of hydrogen-bond donors (Lipinski definition) is 1. The predicted octanol–water partition coefficient (Wildman–Crippen LogP) is 3.32. The lowest BCUT2D eigenvalue weighted by molar-refractivity contribution is -0.173. The van der Waals surface area contributed by atoms with Gasteiger partial charge < -0.3 is 15.0 Å². The molecule has 2 heterocycles. The van der Waals surface area contributed by atoms with Gasteiger partial charge in [-0.15, -0.1) is 0 Å². The number of piperidine rings is 1. The molecule has 3 fully saturated rings. The number of nitrogens with one attached hydrogen (secondary N) is 1. The van der Waals surface area contributed by atoms with Crippen LogP contribution in [0.3, 0.4) is 0 Å². The topological polar surface area (TPSA) is 71.5 Å². The van der Waals surface area contributed by atoms with E-state index in [1.54, 1.807) is 27.0 Å².